The van der Waals surface area contributed by atoms with Crippen LogP contribution in [0.2, 0.25) is 0 Å². The molecule has 0 aromatic heterocycles. The van der Waals surface area contributed by atoms with E-state index >= 15 is 0 Å². The van der Waals surface area contributed by atoms with Gasteiger partial charge in [-0.15, -0.1) is 4.59 Å². The number of allylic oxidation sites excluding steroid dienone is 3. The summed E-state index contributed by atoms with van der Waals surface area (Å²) >= 11 is 0. The van der Waals surface area contributed by atoms with E-state index in [-0.39, 0.29) is 0 Å². The molecule has 1 aliphatic carbocycles. The van der Waals surface area contributed by atoms with Gasteiger partial charge in [-0.2, -0.15) is 0 Å². The zero-order chi connectivity index (χ0) is 18.0. The van der Waals surface area contributed by atoms with Crippen LogP contribution < -0.4 is 9.75 Å². The van der Waals surface area contributed by atoms with Crippen molar-refractivity contribution >= 4 is 18.2 Å². The first-order valence-electron chi connectivity index (χ1n) is 9.34. The first kappa shape index (κ1) is 16.8. The summed E-state index contributed by atoms with van der Waals surface area (Å²) < 4.78 is 6.54. The second kappa shape index (κ2) is 6.92. The zero-order valence-electron chi connectivity index (χ0n) is 15.4. The minimum Gasteiger partial charge on any atom is -0.462 e. The van der Waals surface area contributed by atoms with Crippen molar-refractivity contribution in [3.05, 3.63) is 60.4 Å². The van der Waals surface area contributed by atoms with E-state index in [2.05, 4.69) is 46.3 Å². The molecule has 1 unspecified atom stereocenters. The summed E-state index contributed by atoms with van der Waals surface area (Å²) in [6.45, 7) is 4.12. The van der Waals surface area contributed by atoms with E-state index in [1.54, 1.807) is 0 Å². The maximum atomic E-state index is 6.07. The molecule has 1 saturated carbocycles. The van der Waals surface area contributed by atoms with Gasteiger partial charge in [0.05, 0.1) is 36.1 Å². The van der Waals surface area contributed by atoms with Crippen molar-refractivity contribution in [3.63, 3.8) is 0 Å². The Morgan fingerprint density at radius 3 is 2.96 bits per heavy atom. The van der Waals surface area contributed by atoms with Gasteiger partial charge >= 0.3 is 0 Å². The number of fused-ring (bicyclic) bond motifs is 1. The molecule has 0 spiro atoms. The third-order valence-electron chi connectivity index (χ3n) is 5.23. The third kappa shape index (κ3) is 2.78. The number of benzene rings is 1. The first-order chi connectivity index (χ1) is 12.8. The van der Waals surface area contributed by atoms with E-state index in [1.807, 2.05) is 44.0 Å². The van der Waals surface area contributed by atoms with Crippen molar-refractivity contribution in [3.8, 4) is 5.75 Å². The number of nitrogens with zero attached hydrogens (tertiary/aromatic N) is 4. The van der Waals surface area contributed by atoms with Crippen LogP contribution in [0.1, 0.15) is 39.5 Å². The number of aliphatic imine (C=N–C) groups is 2. The summed E-state index contributed by atoms with van der Waals surface area (Å²) in [6.07, 6.45) is 16.3. The molecule has 0 bridgehead atoms. The summed E-state index contributed by atoms with van der Waals surface area (Å²) in [6, 6.07) is 8.85. The smallest absolute Gasteiger partial charge is 0.225 e. The van der Waals surface area contributed by atoms with Gasteiger partial charge < -0.3 is 4.74 Å². The number of quaternary nitrogens is 1. The lowest BCUT2D eigenvalue weighted by Crippen LogP contribution is -2.61. The molecule has 26 heavy (non-hydrogen) atoms. The lowest BCUT2D eigenvalue weighted by molar-refractivity contribution is -0.746. The fraction of sp³-hybridized carbons (Fsp3) is 0.333. The predicted octanol–water partition coefficient (Wildman–Crippen LogP) is 4.91. The Hall–Kier alpha value is -2.66. The topological polar surface area (TPSA) is 37.2 Å². The maximum Gasteiger partial charge on any atom is 0.225 e. The molecule has 134 valence electrons. The largest absolute Gasteiger partial charge is 0.462 e. The molecule has 0 amide bonds. The molecule has 1 aromatic rings. The lowest BCUT2D eigenvalue weighted by Gasteiger charge is -2.46. The van der Waals surface area contributed by atoms with E-state index in [1.165, 1.54) is 19.3 Å². The van der Waals surface area contributed by atoms with Crippen molar-refractivity contribution in [2.75, 3.05) is 5.01 Å². The monoisotopic (exact) mass is 349 g/mol. The highest BCUT2D eigenvalue weighted by Crippen LogP contribution is 2.40. The number of hydrogen-bond acceptors (Lipinski definition) is 4. The SMILES string of the molecule is CC=C(CC)Oc1cccc(N(C2CCC2)[N+]23C=CN=CC2=CN=C3)c1. The molecule has 3 aliphatic rings. The quantitative estimate of drug-likeness (QED) is 0.540. The van der Waals surface area contributed by atoms with Crippen LogP contribution >= 0.6 is 0 Å². The van der Waals surface area contributed by atoms with Crippen LogP contribution in [0, 0.1) is 0 Å². The van der Waals surface area contributed by atoms with Crippen LogP contribution in [0.3, 0.4) is 0 Å². The lowest BCUT2D eigenvalue weighted by atomic mass is 9.91. The van der Waals surface area contributed by atoms with Gasteiger partial charge in [0.2, 0.25) is 12.0 Å². The second-order valence-corrected chi connectivity index (χ2v) is 6.77. The predicted molar refractivity (Wildman–Crippen MR) is 106 cm³/mol. The van der Waals surface area contributed by atoms with E-state index in [9.17, 15) is 0 Å². The average Bonchev–Trinajstić information content (AvgIpc) is 3.07. The highest BCUT2D eigenvalue weighted by atomic mass is 16.5. The summed E-state index contributed by atoms with van der Waals surface area (Å²) in [7, 11) is 0. The fourth-order valence-electron chi connectivity index (χ4n) is 3.61. The normalized spacial score (nSPS) is 24.2. The van der Waals surface area contributed by atoms with Gasteiger partial charge in [-0.25, -0.2) is 10.0 Å². The van der Waals surface area contributed by atoms with E-state index < -0.39 is 0 Å². The van der Waals surface area contributed by atoms with Gasteiger partial charge in [0, 0.05) is 12.5 Å². The Balaban J connectivity index is 1.73. The Kier molecular flexibility index (Phi) is 4.47. The molecule has 1 fully saturated rings. The molecule has 5 nitrogen and oxygen atoms in total. The van der Waals surface area contributed by atoms with Crippen LogP contribution in [0.15, 0.2) is 70.4 Å². The first-order valence-corrected chi connectivity index (χ1v) is 9.34. The summed E-state index contributed by atoms with van der Waals surface area (Å²) in [5, 5.41) is 2.43. The van der Waals surface area contributed by atoms with Crippen molar-refractivity contribution in [1.82, 2.24) is 0 Å². The molecule has 4 rings (SSSR count). The second-order valence-electron chi connectivity index (χ2n) is 6.77. The Morgan fingerprint density at radius 1 is 1.35 bits per heavy atom. The van der Waals surface area contributed by atoms with Crippen molar-refractivity contribution in [2.45, 2.75) is 45.6 Å². The Morgan fingerprint density at radius 2 is 2.23 bits per heavy atom. The summed E-state index contributed by atoms with van der Waals surface area (Å²) in [4.78, 5) is 8.74. The molecule has 1 aromatic carbocycles. The van der Waals surface area contributed by atoms with Crippen LogP contribution in [0.25, 0.3) is 0 Å². The zero-order valence-corrected chi connectivity index (χ0v) is 15.4. The van der Waals surface area contributed by atoms with Crippen molar-refractivity contribution < 1.29 is 9.33 Å². The van der Waals surface area contributed by atoms with Crippen LogP contribution in [-0.2, 0) is 0 Å². The van der Waals surface area contributed by atoms with Gasteiger partial charge in [-0.05, 0) is 44.4 Å². The molecule has 0 radical (unpaired) electrons. The van der Waals surface area contributed by atoms with Gasteiger partial charge in [0.25, 0.3) is 0 Å². The number of hydrogen-bond donors (Lipinski definition) is 0. The Bertz CT molecular complexity index is 832. The van der Waals surface area contributed by atoms with Crippen LogP contribution in [0.5, 0.6) is 5.75 Å². The van der Waals surface area contributed by atoms with Gasteiger partial charge in [0.15, 0.2) is 6.20 Å². The van der Waals surface area contributed by atoms with E-state index in [0.29, 0.717) is 10.6 Å². The fourth-order valence-corrected chi connectivity index (χ4v) is 3.61. The van der Waals surface area contributed by atoms with Crippen LogP contribution in [0.4, 0.5) is 5.69 Å². The average molecular weight is 349 g/mol. The van der Waals surface area contributed by atoms with Crippen molar-refractivity contribution in [2.24, 2.45) is 9.98 Å². The minimum absolute atomic E-state index is 0.474. The standard InChI is InChI=1S/C21H25N4O/c1-3-20(4-2)26-21-10-6-9-18(13-21)24(17-7-5-8-17)25-12-11-22-14-19(25)15-23-16-25/h3,6,9-17H,4-5,7-8H2,1-2H3/q+1. The van der Waals surface area contributed by atoms with Gasteiger partial charge in [-0.1, -0.05) is 13.0 Å². The summed E-state index contributed by atoms with van der Waals surface area (Å²) in [5.41, 5.74) is 2.20. The third-order valence-corrected chi connectivity index (χ3v) is 5.23. The van der Waals surface area contributed by atoms with Crippen molar-refractivity contribution in [1.29, 1.82) is 0 Å². The molecule has 1 atom stereocenters. The highest BCUT2D eigenvalue weighted by molar-refractivity contribution is 5.82. The molecule has 2 heterocycles. The number of rotatable bonds is 6. The van der Waals surface area contributed by atoms with Gasteiger partial charge in [-0.3, -0.25) is 4.99 Å². The molecular weight excluding hydrogens is 324 g/mol. The molecule has 2 aliphatic heterocycles. The van der Waals surface area contributed by atoms with Gasteiger partial charge in [0.1, 0.15) is 5.75 Å². The molecular formula is C21H25N4O+. The molecule has 0 saturated heterocycles. The molecule has 5 heteroatoms. The minimum atomic E-state index is 0.474. The summed E-state index contributed by atoms with van der Waals surface area (Å²) in [5.74, 6) is 1.86. The number of ether oxygens (including phenoxy) is 1. The molecule has 0 N–H and O–H groups in total. The maximum absolute atomic E-state index is 6.07. The number of anilines is 1. The van der Waals surface area contributed by atoms with Crippen LogP contribution in [-0.4, -0.2) is 23.2 Å². The van der Waals surface area contributed by atoms with E-state index in [4.69, 9.17) is 4.74 Å². The van der Waals surface area contributed by atoms with E-state index in [0.717, 1.165) is 29.3 Å². The highest BCUT2D eigenvalue weighted by Gasteiger charge is 2.46. The Labute approximate surface area is 154 Å².